The number of ketones is 2. The van der Waals surface area contributed by atoms with Gasteiger partial charge in [0.1, 0.15) is 12.5 Å². The number of carbonyl (C=O) groups excluding carboxylic acids is 4. The van der Waals surface area contributed by atoms with E-state index in [1.807, 2.05) is 27.7 Å². The Hall–Kier alpha value is -2.49. The fourth-order valence-corrected chi connectivity index (χ4v) is 9.55. The van der Waals surface area contributed by atoms with Crippen LogP contribution in [0.5, 0.6) is 0 Å². The van der Waals surface area contributed by atoms with Crippen molar-refractivity contribution in [2.24, 2.45) is 28.6 Å². The van der Waals surface area contributed by atoms with Gasteiger partial charge in [0.2, 0.25) is 0 Å². The molecule has 0 saturated heterocycles. The van der Waals surface area contributed by atoms with Gasteiger partial charge in [-0.05, 0) is 80.1 Å². The van der Waals surface area contributed by atoms with Gasteiger partial charge in [-0.2, -0.15) is 0 Å². The first-order valence-electron chi connectivity index (χ1n) is 15.9. The molecule has 7 unspecified atom stereocenters. The van der Waals surface area contributed by atoms with E-state index in [1.54, 1.807) is 13.0 Å². The van der Waals surface area contributed by atoms with Crippen molar-refractivity contribution in [3.05, 3.63) is 60.3 Å². The maximum atomic E-state index is 17.2. The Morgan fingerprint density at radius 2 is 1.73 bits per heavy atom. The van der Waals surface area contributed by atoms with Gasteiger partial charge in [-0.3, -0.25) is 14.4 Å². The Balaban J connectivity index is 0.000000804. The topological polar surface area (TPSA) is 109 Å². The van der Waals surface area contributed by atoms with Crippen LogP contribution in [0.15, 0.2) is 60.3 Å². The summed E-state index contributed by atoms with van der Waals surface area (Å²) in [6, 6.07) is 0. The molecular weight excluding hydrogens is 598 g/mol. The van der Waals surface area contributed by atoms with Crippen LogP contribution >= 0.6 is 11.8 Å². The summed E-state index contributed by atoms with van der Waals surface area (Å²) in [4.78, 5) is 47.8. The van der Waals surface area contributed by atoms with E-state index < -0.39 is 45.9 Å². The molecule has 0 aromatic rings. The first-order valence-corrected chi connectivity index (χ1v) is 16.8. The lowest BCUT2D eigenvalue weighted by atomic mass is 9.45. The summed E-state index contributed by atoms with van der Waals surface area (Å²) in [5.74, 6) is -2.04. The highest BCUT2D eigenvalue weighted by molar-refractivity contribution is 8.14. The van der Waals surface area contributed by atoms with Crippen molar-refractivity contribution in [3.63, 3.8) is 0 Å². The third-order valence-electron chi connectivity index (χ3n) is 10.4. The van der Waals surface area contributed by atoms with Crippen LogP contribution in [-0.2, 0) is 19.2 Å². The van der Waals surface area contributed by atoms with Gasteiger partial charge in [0.25, 0.3) is 0 Å². The third kappa shape index (κ3) is 6.68. The number of carbonyl (C=O) groups is 4. The van der Waals surface area contributed by atoms with Gasteiger partial charge >= 0.3 is 0 Å². The zero-order valence-electron chi connectivity index (χ0n) is 27.5. The molecule has 5 rings (SSSR count). The second kappa shape index (κ2) is 15.9. The first-order chi connectivity index (χ1) is 21.3. The quantitative estimate of drug-likeness (QED) is 0.315. The molecule has 6 nitrogen and oxygen atoms in total. The molecule has 5 aliphatic carbocycles. The number of aldehydes is 1. The van der Waals surface area contributed by atoms with E-state index in [0.29, 0.717) is 37.7 Å². The van der Waals surface area contributed by atoms with Crippen molar-refractivity contribution in [1.29, 1.82) is 0 Å². The number of hydrogen-bond acceptors (Lipinski definition) is 7. The SMILES string of the molecule is C=CC1=C(C=C)C(=O)C(SC(=O)C2CCC3C4C[C@H](F)C5=CC(=O)C=CC5(C)[C@@]4(F)C(O)CC23C)CC1.CC.CCC=O.CO. The van der Waals surface area contributed by atoms with Crippen LogP contribution < -0.4 is 0 Å². The highest BCUT2D eigenvalue weighted by Gasteiger charge is 2.72. The Labute approximate surface area is 271 Å². The van der Waals surface area contributed by atoms with Crippen LogP contribution in [0.25, 0.3) is 0 Å². The molecule has 9 atom stereocenters. The Morgan fingerprint density at radius 3 is 2.29 bits per heavy atom. The lowest BCUT2D eigenvalue weighted by molar-refractivity contribution is -0.201. The standard InChI is InChI=1S/C30H34F2O4S.C3H6O.C2H6.CH4O/c1-5-16-7-10-24(26(35)18(16)6-2)37-27(36)20-9-8-19-21-14-23(31)22-13-17(33)11-12-29(22,4)30(21,32)25(34)15-28(19,20)3;1-2-3-4;2*1-2/h5-6,11-13,19-21,23-25,34H,1-2,7-10,14-15H2,3-4H3;3H,2H2,1H3;1-2H3;2H,1H3/t19?,20?,21?,23-,24?,25?,28?,29?,30-;;;/m0.../s1. The molecule has 0 heterocycles. The van der Waals surface area contributed by atoms with E-state index in [2.05, 4.69) is 13.2 Å². The average molecular weight is 649 g/mol. The number of alkyl halides is 2. The van der Waals surface area contributed by atoms with Gasteiger partial charge in [0.05, 0.1) is 11.4 Å². The van der Waals surface area contributed by atoms with Crippen LogP contribution in [0.3, 0.4) is 0 Å². The number of halogens is 2. The van der Waals surface area contributed by atoms with Gasteiger partial charge in [-0.25, -0.2) is 8.78 Å². The maximum absolute atomic E-state index is 17.2. The summed E-state index contributed by atoms with van der Waals surface area (Å²) < 4.78 is 32.7. The number of allylic oxidation sites excluding steroid dienone is 8. The molecule has 0 spiro atoms. The van der Waals surface area contributed by atoms with E-state index in [4.69, 9.17) is 5.11 Å². The smallest absolute Gasteiger partial charge is 0.193 e. The first kappa shape index (κ1) is 38.7. The molecule has 0 bridgehead atoms. The lowest BCUT2D eigenvalue weighted by Gasteiger charge is -2.62. The van der Waals surface area contributed by atoms with Crippen molar-refractivity contribution >= 4 is 34.7 Å². The van der Waals surface area contributed by atoms with E-state index in [1.165, 1.54) is 24.3 Å². The third-order valence-corrected chi connectivity index (χ3v) is 11.6. The fourth-order valence-electron chi connectivity index (χ4n) is 8.25. The Kier molecular flexibility index (Phi) is 13.6. The predicted molar refractivity (Wildman–Crippen MR) is 176 cm³/mol. The Morgan fingerprint density at radius 1 is 1.11 bits per heavy atom. The zero-order chi connectivity index (χ0) is 34.3. The number of hydrogen-bond donors (Lipinski definition) is 2. The highest BCUT2D eigenvalue weighted by atomic mass is 32.2. The number of thioether (sulfide) groups is 1. The molecule has 250 valence electrons. The van der Waals surface area contributed by atoms with E-state index in [-0.39, 0.29) is 41.0 Å². The molecule has 5 aliphatic rings. The number of fused-ring (bicyclic) bond motifs is 5. The van der Waals surface area contributed by atoms with Crippen LogP contribution in [0.4, 0.5) is 8.78 Å². The maximum Gasteiger partial charge on any atom is 0.193 e. The molecule has 0 radical (unpaired) electrons. The van der Waals surface area contributed by atoms with Crippen molar-refractivity contribution in [2.45, 2.75) is 103 Å². The summed E-state index contributed by atoms with van der Waals surface area (Å²) in [7, 11) is 1.00. The molecule has 9 heteroatoms. The molecule has 0 amide bonds. The number of aliphatic hydroxyl groups is 2. The minimum atomic E-state index is -2.14. The molecule has 2 N–H and O–H groups in total. The van der Waals surface area contributed by atoms with Gasteiger partial charge in [0, 0.05) is 36.4 Å². The van der Waals surface area contributed by atoms with Crippen LogP contribution in [0, 0.1) is 28.6 Å². The second-order valence-corrected chi connectivity index (χ2v) is 13.5. The largest absolute Gasteiger partial charge is 0.400 e. The number of aliphatic hydroxyl groups excluding tert-OH is 2. The van der Waals surface area contributed by atoms with E-state index >= 15 is 8.78 Å². The normalized spacial score (nSPS) is 37.9. The van der Waals surface area contributed by atoms with Crippen LogP contribution in [0.2, 0.25) is 0 Å². The molecule has 45 heavy (non-hydrogen) atoms. The molecular formula is C36H50F2O6S. The monoisotopic (exact) mass is 648 g/mol. The average Bonchev–Trinajstić information content (AvgIpc) is 3.38. The van der Waals surface area contributed by atoms with Crippen molar-refractivity contribution in [3.8, 4) is 0 Å². The van der Waals surface area contributed by atoms with E-state index in [9.17, 15) is 24.3 Å². The fraction of sp³-hybridized carbons (Fsp3) is 0.611. The van der Waals surface area contributed by atoms with E-state index in [0.717, 1.165) is 30.7 Å². The van der Waals surface area contributed by atoms with Crippen molar-refractivity contribution in [1.82, 2.24) is 0 Å². The molecule has 0 aromatic heterocycles. The minimum Gasteiger partial charge on any atom is -0.400 e. The molecule has 3 fully saturated rings. The summed E-state index contributed by atoms with van der Waals surface area (Å²) in [5.41, 5.74) is -2.83. The molecule has 0 aliphatic heterocycles. The van der Waals surface area contributed by atoms with Gasteiger partial charge in [0.15, 0.2) is 22.4 Å². The van der Waals surface area contributed by atoms with Crippen molar-refractivity contribution in [2.75, 3.05) is 7.11 Å². The summed E-state index contributed by atoms with van der Waals surface area (Å²) in [5, 5.41) is 17.7. The van der Waals surface area contributed by atoms with Crippen molar-refractivity contribution < 1.29 is 38.2 Å². The summed E-state index contributed by atoms with van der Waals surface area (Å²) in [6.45, 7) is 16.8. The number of rotatable bonds is 5. The summed E-state index contributed by atoms with van der Waals surface area (Å²) >= 11 is 1.05. The van der Waals surface area contributed by atoms with Crippen LogP contribution in [-0.4, -0.2) is 63.5 Å². The molecule has 3 saturated carbocycles. The van der Waals surface area contributed by atoms with Gasteiger partial charge < -0.3 is 15.0 Å². The second-order valence-electron chi connectivity index (χ2n) is 12.3. The highest BCUT2D eigenvalue weighted by Crippen LogP contribution is 2.69. The summed E-state index contributed by atoms with van der Waals surface area (Å²) in [6.07, 6.45) is 7.85. The Bertz CT molecular complexity index is 1260. The zero-order valence-corrected chi connectivity index (χ0v) is 28.3. The van der Waals surface area contributed by atoms with Gasteiger partial charge in [-0.15, -0.1) is 0 Å². The number of Topliss-reactive ketones (excluding diaryl/α,β-unsaturated/α-hetero) is 1. The molecule has 0 aromatic carbocycles. The van der Waals surface area contributed by atoms with Crippen LogP contribution in [0.1, 0.15) is 79.6 Å². The minimum absolute atomic E-state index is 0.0697. The van der Waals surface area contributed by atoms with Gasteiger partial charge in [-0.1, -0.05) is 70.8 Å². The lowest BCUT2D eigenvalue weighted by Crippen LogP contribution is -2.68. The predicted octanol–water partition coefficient (Wildman–Crippen LogP) is 6.81.